The molecule has 0 aliphatic carbocycles. The van der Waals surface area contributed by atoms with Gasteiger partial charge in [-0.05, 0) is 17.6 Å². The minimum absolute atomic E-state index is 0.124. The molecule has 5 nitrogen and oxygen atoms in total. The molecule has 0 bridgehead atoms. The molecular formula is C7H8N2O3S. The number of carboxylic acid groups (broad SMARTS) is 1. The van der Waals surface area contributed by atoms with Crippen molar-refractivity contribution < 1.29 is 14.7 Å². The largest absolute Gasteiger partial charge is 0.481 e. The van der Waals surface area contributed by atoms with Gasteiger partial charge in [0.2, 0.25) is 6.41 Å². The molecule has 0 spiro atoms. The van der Waals surface area contributed by atoms with E-state index in [1.165, 1.54) is 11.5 Å². The number of nitrogens with one attached hydrogen (secondary N) is 1. The number of rotatable bonds is 5. The average Bonchev–Trinajstić information content (AvgIpc) is 2.54. The second kappa shape index (κ2) is 4.56. The van der Waals surface area contributed by atoms with Crippen molar-refractivity contribution in [1.82, 2.24) is 9.69 Å². The van der Waals surface area contributed by atoms with E-state index in [0.717, 1.165) is 4.88 Å². The number of amides is 1. The topological polar surface area (TPSA) is 79.3 Å². The summed E-state index contributed by atoms with van der Waals surface area (Å²) in [6.45, 7) is 0. The van der Waals surface area contributed by atoms with Crippen LogP contribution >= 0.6 is 11.5 Å². The smallest absolute Gasteiger partial charge is 0.305 e. The SMILES string of the molecule is O=CNC(CC(=O)O)c1ccns1. The van der Waals surface area contributed by atoms with Gasteiger partial charge in [0.1, 0.15) is 0 Å². The van der Waals surface area contributed by atoms with E-state index in [0.29, 0.717) is 6.41 Å². The molecule has 1 unspecified atom stereocenters. The van der Waals surface area contributed by atoms with E-state index in [2.05, 4.69) is 9.69 Å². The molecule has 1 aromatic rings. The fourth-order valence-electron chi connectivity index (χ4n) is 0.904. The first-order valence-electron chi connectivity index (χ1n) is 3.56. The summed E-state index contributed by atoms with van der Waals surface area (Å²) in [4.78, 5) is 21.3. The van der Waals surface area contributed by atoms with Crippen molar-refractivity contribution in [3.05, 3.63) is 17.1 Å². The maximum atomic E-state index is 10.4. The Bertz CT molecular complexity index is 286. The predicted octanol–water partition coefficient (Wildman–Crippen LogP) is 0.405. The Hall–Kier alpha value is -1.43. The van der Waals surface area contributed by atoms with Crippen molar-refractivity contribution >= 4 is 23.9 Å². The number of carboxylic acids is 1. The van der Waals surface area contributed by atoms with Gasteiger partial charge in [0.15, 0.2) is 0 Å². The van der Waals surface area contributed by atoms with Gasteiger partial charge in [-0.15, -0.1) is 0 Å². The highest BCUT2D eigenvalue weighted by atomic mass is 32.1. The van der Waals surface area contributed by atoms with Crippen LogP contribution in [0.1, 0.15) is 17.3 Å². The van der Waals surface area contributed by atoms with Crippen molar-refractivity contribution in [3.8, 4) is 0 Å². The van der Waals surface area contributed by atoms with Gasteiger partial charge in [-0.3, -0.25) is 9.59 Å². The van der Waals surface area contributed by atoms with Crippen molar-refractivity contribution in [2.45, 2.75) is 12.5 Å². The molecule has 0 saturated carbocycles. The lowest BCUT2D eigenvalue weighted by atomic mass is 10.2. The molecule has 1 atom stereocenters. The van der Waals surface area contributed by atoms with Gasteiger partial charge >= 0.3 is 5.97 Å². The molecule has 2 N–H and O–H groups in total. The van der Waals surface area contributed by atoms with Crippen LogP contribution in [0.3, 0.4) is 0 Å². The van der Waals surface area contributed by atoms with E-state index in [9.17, 15) is 9.59 Å². The number of nitrogens with zero attached hydrogens (tertiary/aromatic N) is 1. The molecule has 1 rings (SSSR count). The second-order valence-electron chi connectivity index (χ2n) is 2.35. The second-order valence-corrected chi connectivity index (χ2v) is 3.21. The monoisotopic (exact) mass is 200 g/mol. The molecular weight excluding hydrogens is 192 g/mol. The number of aromatic nitrogens is 1. The standard InChI is InChI=1S/C7H8N2O3S/c10-4-8-5(3-7(11)12)6-1-2-9-13-6/h1-2,4-5H,3H2,(H,8,10)(H,11,12). The van der Waals surface area contributed by atoms with Crippen molar-refractivity contribution in [2.24, 2.45) is 0 Å². The van der Waals surface area contributed by atoms with Gasteiger partial charge in [0.05, 0.1) is 12.5 Å². The predicted molar refractivity (Wildman–Crippen MR) is 46.3 cm³/mol. The minimum atomic E-state index is -0.951. The molecule has 6 heteroatoms. The molecule has 0 aliphatic rings. The van der Waals surface area contributed by atoms with E-state index in [1.807, 2.05) is 0 Å². The summed E-state index contributed by atoms with van der Waals surface area (Å²) in [5.41, 5.74) is 0. The highest BCUT2D eigenvalue weighted by molar-refractivity contribution is 7.05. The zero-order chi connectivity index (χ0) is 9.68. The van der Waals surface area contributed by atoms with Gasteiger partial charge in [0, 0.05) is 11.1 Å². The lowest BCUT2D eigenvalue weighted by molar-refractivity contribution is -0.137. The third kappa shape index (κ3) is 2.83. The van der Waals surface area contributed by atoms with Crippen molar-refractivity contribution in [2.75, 3.05) is 0 Å². The zero-order valence-electron chi connectivity index (χ0n) is 6.64. The first-order valence-corrected chi connectivity index (χ1v) is 4.33. The van der Waals surface area contributed by atoms with Crippen LogP contribution in [0.4, 0.5) is 0 Å². The molecule has 1 heterocycles. The lowest BCUT2D eigenvalue weighted by Gasteiger charge is -2.09. The third-order valence-corrected chi connectivity index (χ3v) is 2.31. The van der Waals surface area contributed by atoms with Crippen LogP contribution in [0, 0.1) is 0 Å². The Labute approximate surface area is 78.6 Å². The lowest BCUT2D eigenvalue weighted by Crippen LogP contribution is -2.21. The first kappa shape index (κ1) is 9.66. The minimum Gasteiger partial charge on any atom is -0.481 e. The summed E-state index contributed by atoms with van der Waals surface area (Å²) in [6.07, 6.45) is 1.94. The molecule has 0 aromatic carbocycles. The number of hydrogen-bond acceptors (Lipinski definition) is 4. The van der Waals surface area contributed by atoms with E-state index in [-0.39, 0.29) is 6.42 Å². The average molecular weight is 200 g/mol. The number of aliphatic carboxylic acids is 1. The fraction of sp³-hybridized carbons (Fsp3) is 0.286. The quantitative estimate of drug-likeness (QED) is 0.674. The van der Waals surface area contributed by atoms with Crippen molar-refractivity contribution in [3.63, 3.8) is 0 Å². The highest BCUT2D eigenvalue weighted by Gasteiger charge is 2.15. The maximum Gasteiger partial charge on any atom is 0.305 e. The van der Waals surface area contributed by atoms with Crippen LogP contribution in [0.15, 0.2) is 12.3 Å². The molecule has 0 saturated heterocycles. The summed E-state index contributed by atoms with van der Waals surface area (Å²) in [5.74, 6) is -0.951. The molecule has 0 fully saturated rings. The van der Waals surface area contributed by atoms with E-state index in [4.69, 9.17) is 5.11 Å². The van der Waals surface area contributed by atoms with Gasteiger partial charge < -0.3 is 10.4 Å². The van der Waals surface area contributed by atoms with Crippen LogP contribution in [-0.2, 0) is 9.59 Å². The fourth-order valence-corrected chi connectivity index (χ4v) is 1.55. The Morgan fingerprint density at radius 3 is 3.08 bits per heavy atom. The normalized spacial score (nSPS) is 12.0. The van der Waals surface area contributed by atoms with Crippen LogP contribution in [0.25, 0.3) is 0 Å². The van der Waals surface area contributed by atoms with Crippen LogP contribution < -0.4 is 5.32 Å². The first-order chi connectivity index (χ1) is 6.24. The van der Waals surface area contributed by atoms with Gasteiger partial charge in [-0.1, -0.05) is 0 Å². The number of carbonyl (C=O) groups is 2. The number of carbonyl (C=O) groups excluding carboxylic acids is 1. The Morgan fingerprint density at radius 2 is 2.62 bits per heavy atom. The summed E-state index contributed by atoms with van der Waals surface area (Å²) in [6, 6.07) is 1.22. The van der Waals surface area contributed by atoms with Gasteiger partial charge in [-0.25, -0.2) is 4.37 Å². The summed E-state index contributed by atoms with van der Waals surface area (Å²) in [5, 5.41) is 11.0. The van der Waals surface area contributed by atoms with Crippen molar-refractivity contribution in [1.29, 1.82) is 0 Å². The van der Waals surface area contributed by atoms with E-state index < -0.39 is 12.0 Å². The van der Waals surface area contributed by atoms with Gasteiger partial charge in [0.25, 0.3) is 0 Å². The van der Waals surface area contributed by atoms with Crippen LogP contribution in [0.5, 0.6) is 0 Å². The van der Waals surface area contributed by atoms with E-state index >= 15 is 0 Å². The Kier molecular flexibility index (Phi) is 3.39. The molecule has 1 aromatic heterocycles. The summed E-state index contributed by atoms with van der Waals surface area (Å²) >= 11 is 1.18. The Balaban J connectivity index is 2.67. The molecule has 0 radical (unpaired) electrons. The molecule has 1 amide bonds. The molecule has 0 aliphatic heterocycles. The Morgan fingerprint density at radius 1 is 1.85 bits per heavy atom. The molecule has 70 valence electrons. The van der Waals surface area contributed by atoms with E-state index in [1.54, 1.807) is 12.3 Å². The zero-order valence-corrected chi connectivity index (χ0v) is 7.45. The summed E-state index contributed by atoms with van der Waals surface area (Å²) < 4.78 is 3.83. The third-order valence-electron chi connectivity index (χ3n) is 1.45. The number of hydrogen-bond donors (Lipinski definition) is 2. The molecule has 13 heavy (non-hydrogen) atoms. The summed E-state index contributed by atoms with van der Waals surface area (Å²) in [7, 11) is 0. The highest BCUT2D eigenvalue weighted by Crippen LogP contribution is 2.19. The maximum absolute atomic E-state index is 10.4. The van der Waals surface area contributed by atoms with Gasteiger partial charge in [-0.2, -0.15) is 0 Å². The van der Waals surface area contributed by atoms with Crippen LogP contribution in [0.2, 0.25) is 0 Å². The van der Waals surface area contributed by atoms with Crippen LogP contribution in [-0.4, -0.2) is 21.9 Å².